The standard InChI is InChI=1S/C16H17NO4/c1-11-5-7-12(8-6-11)14(18)10-13(16(19)20)17(2)15-4-3-9-21-15/h3-9,13H,10H2,1-2H3,(H,19,20). The van der Waals surface area contributed by atoms with Gasteiger partial charge in [0, 0.05) is 25.1 Å². The van der Waals surface area contributed by atoms with E-state index in [0.29, 0.717) is 11.4 Å². The largest absolute Gasteiger partial charge is 0.480 e. The number of nitrogens with zero attached hydrogens (tertiary/aromatic N) is 1. The molecule has 0 amide bonds. The Balaban J connectivity index is 2.15. The monoisotopic (exact) mass is 287 g/mol. The Morgan fingerprint density at radius 1 is 1.24 bits per heavy atom. The van der Waals surface area contributed by atoms with Gasteiger partial charge in [-0.15, -0.1) is 0 Å². The van der Waals surface area contributed by atoms with Gasteiger partial charge in [-0.3, -0.25) is 4.79 Å². The van der Waals surface area contributed by atoms with E-state index in [4.69, 9.17) is 4.42 Å². The predicted molar refractivity (Wildman–Crippen MR) is 78.7 cm³/mol. The van der Waals surface area contributed by atoms with E-state index in [1.165, 1.54) is 11.2 Å². The van der Waals surface area contributed by atoms with Crippen LogP contribution in [-0.4, -0.2) is 29.9 Å². The fourth-order valence-corrected chi connectivity index (χ4v) is 2.05. The van der Waals surface area contributed by atoms with Gasteiger partial charge in [0.25, 0.3) is 0 Å². The normalized spacial score (nSPS) is 11.9. The Hall–Kier alpha value is -2.56. The van der Waals surface area contributed by atoms with Gasteiger partial charge in [-0.05, 0) is 13.0 Å². The van der Waals surface area contributed by atoms with Gasteiger partial charge in [0.15, 0.2) is 11.7 Å². The van der Waals surface area contributed by atoms with Gasteiger partial charge in [-0.25, -0.2) is 4.79 Å². The van der Waals surface area contributed by atoms with E-state index in [2.05, 4.69) is 0 Å². The molecule has 0 aliphatic rings. The zero-order chi connectivity index (χ0) is 15.4. The molecule has 2 aromatic rings. The molecule has 21 heavy (non-hydrogen) atoms. The van der Waals surface area contributed by atoms with Gasteiger partial charge in [0.05, 0.1) is 6.26 Å². The van der Waals surface area contributed by atoms with Gasteiger partial charge in [0.2, 0.25) is 0 Å². The number of aryl methyl sites for hydroxylation is 1. The van der Waals surface area contributed by atoms with Crippen LogP contribution in [0.25, 0.3) is 0 Å². The lowest BCUT2D eigenvalue weighted by atomic mass is 10.0. The van der Waals surface area contributed by atoms with Gasteiger partial charge in [-0.2, -0.15) is 0 Å². The Morgan fingerprint density at radius 2 is 1.90 bits per heavy atom. The molecule has 1 unspecified atom stereocenters. The van der Waals surface area contributed by atoms with E-state index in [1.54, 1.807) is 31.3 Å². The number of ketones is 1. The maximum atomic E-state index is 12.2. The molecule has 0 radical (unpaired) electrons. The highest BCUT2D eigenvalue weighted by Gasteiger charge is 2.27. The number of carboxylic acid groups (broad SMARTS) is 1. The van der Waals surface area contributed by atoms with Crippen molar-refractivity contribution in [2.45, 2.75) is 19.4 Å². The second-order valence-corrected chi connectivity index (χ2v) is 4.91. The van der Waals surface area contributed by atoms with Crippen LogP contribution < -0.4 is 4.90 Å². The molecule has 110 valence electrons. The van der Waals surface area contributed by atoms with E-state index in [1.807, 2.05) is 19.1 Å². The molecular weight excluding hydrogens is 270 g/mol. The number of carboxylic acids is 1. The minimum absolute atomic E-state index is 0.115. The van der Waals surface area contributed by atoms with Crippen molar-refractivity contribution in [3.8, 4) is 0 Å². The van der Waals surface area contributed by atoms with Crippen LogP contribution in [0.3, 0.4) is 0 Å². The summed E-state index contributed by atoms with van der Waals surface area (Å²) >= 11 is 0. The van der Waals surface area contributed by atoms with Crippen molar-refractivity contribution in [2.75, 3.05) is 11.9 Å². The van der Waals surface area contributed by atoms with E-state index in [-0.39, 0.29) is 12.2 Å². The fraction of sp³-hybridized carbons (Fsp3) is 0.250. The molecule has 5 nitrogen and oxygen atoms in total. The van der Waals surface area contributed by atoms with Crippen LogP contribution >= 0.6 is 0 Å². The number of Topliss-reactive ketones (excluding diaryl/α,β-unsaturated/α-hetero) is 1. The molecule has 2 rings (SSSR count). The first-order valence-corrected chi connectivity index (χ1v) is 6.58. The van der Waals surface area contributed by atoms with Crippen molar-refractivity contribution in [1.29, 1.82) is 0 Å². The van der Waals surface area contributed by atoms with Crippen molar-refractivity contribution in [3.63, 3.8) is 0 Å². The van der Waals surface area contributed by atoms with Gasteiger partial charge in [0.1, 0.15) is 6.04 Å². The van der Waals surface area contributed by atoms with Crippen molar-refractivity contribution >= 4 is 17.6 Å². The van der Waals surface area contributed by atoms with Gasteiger partial charge in [-0.1, -0.05) is 29.8 Å². The second kappa shape index (κ2) is 6.26. The Labute approximate surface area is 122 Å². The van der Waals surface area contributed by atoms with Crippen LogP contribution in [0.1, 0.15) is 22.3 Å². The van der Waals surface area contributed by atoms with E-state index < -0.39 is 12.0 Å². The number of carbonyl (C=O) groups is 2. The first-order chi connectivity index (χ1) is 9.99. The molecule has 1 atom stereocenters. The lowest BCUT2D eigenvalue weighted by Crippen LogP contribution is -2.40. The maximum Gasteiger partial charge on any atom is 0.326 e. The summed E-state index contributed by atoms with van der Waals surface area (Å²) in [6.07, 6.45) is 1.35. The van der Waals surface area contributed by atoms with E-state index in [9.17, 15) is 14.7 Å². The highest BCUT2D eigenvalue weighted by molar-refractivity contribution is 5.99. The SMILES string of the molecule is Cc1ccc(C(=O)CC(C(=O)O)N(C)c2ccco2)cc1. The molecule has 1 heterocycles. The third-order valence-corrected chi connectivity index (χ3v) is 3.36. The molecule has 0 aliphatic carbocycles. The number of hydrogen-bond donors (Lipinski definition) is 1. The number of aliphatic carboxylic acids is 1. The number of benzene rings is 1. The van der Waals surface area contributed by atoms with E-state index >= 15 is 0 Å². The zero-order valence-electron chi connectivity index (χ0n) is 11.9. The number of rotatable bonds is 6. The molecule has 0 fully saturated rings. The molecular formula is C16H17NO4. The third kappa shape index (κ3) is 3.51. The topological polar surface area (TPSA) is 70.8 Å². The lowest BCUT2D eigenvalue weighted by molar-refractivity contribution is -0.138. The highest BCUT2D eigenvalue weighted by Crippen LogP contribution is 2.19. The molecule has 0 spiro atoms. The minimum Gasteiger partial charge on any atom is -0.480 e. The number of furan rings is 1. The molecule has 0 saturated carbocycles. The average molecular weight is 287 g/mol. The number of carbonyl (C=O) groups excluding carboxylic acids is 1. The first kappa shape index (κ1) is 14.8. The number of likely N-dealkylation sites (N-methyl/N-ethyl adjacent to an activating group) is 1. The summed E-state index contributed by atoms with van der Waals surface area (Å²) in [7, 11) is 1.60. The molecule has 0 bridgehead atoms. The lowest BCUT2D eigenvalue weighted by Gasteiger charge is -2.23. The molecule has 1 aromatic carbocycles. The summed E-state index contributed by atoms with van der Waals surface area (Å²) in [4.78, 5) is 25.1. The minimum atomic E-state index is -1.06. The Kier molecular flexibility index (Phi) is 4.42. The summed E-state index contributed by atoms with van der Waals surface area (Å²) in [5.41, 5.74) is 1.56. The number of hydrogen-bond acceptors (Lipinski definition) is 4. The van der Waals surface area contributed by atoms with E-state index in [0.717, 1.165) is 5.56 Å². The van der Waals surface area contributed by atoms with Crippen LogP contribution in [0.5, 0.6) is 0 Å². The summed E-state index contributed by atoms with van der Waals surface area (Å²) in [5.74, 6) is -0.853. The van der Waals surface area contributed by atoms with Gasteiger partial charge >= 0.3 is 5.97 Å². The van der Waals surface area contributed by atoms with Crippen LogP contribution in [0, 0.1) is 6.92 Å². The third-order valence-electron chi connectivity index (χ3n) is 3.36. The smallest absolute Gasteiger partial charge is 0.326 e. The van der Waals surface area contributed by atoms with Crippen LogP contribution in [0.2, 0.25) is 0 Å². The predicted octanol–water partition coefficient (Wildman–Crippen LogP) is 2.75. The zero-order valence-corrected chi connectivity index (χ0v) is 11.9. The quantitative estimate of drug-likeness (QED) is 0.827. The van der Waals surface area contributed by atoms with Crippen LogP contribution in [-0.2, 0) is 4.79 Å². The average Bonchev–Trinajstić information content (AvgIpc) is 2.98. The first-order valence-electron chi connectivity index (χ1n) is 6.58. The van der Waals surface area contributed by atoms with Crippen molar-refractivity contribution in [1.82, 2.24) is 0 Å². The molecule has 1 N–H and O–H groups in total. The molecule has 0 saturated heterocycles. The maximum absolute atomic E-state index is 12.2. The molecule has 1 aromatic heterocycles. The van der Waals surface area contributed by atoms with Crippen LogP contribution in [0.15, 0.2) is 47.1 Å². The summed E-state index contributed by atoms with van der Waals surface area (Å²) in [6, 6.07) is 9.45. The van der Waals surface area contributed by atoms with Gasteiger partial charge < -0.3 is 14.4 Å². The molecule has 0 aliphatic heterocycles. The molecule has 5 heteroatoms. The van der Waals surface area contributed by atoms with Crippen LogP contribution in [0.4, 0.5) is 5.88 Å². The fourth-order valence-electron chi connectivity index (χ4n) is 2.05. The Morgan fingerprint density at radius 3 is 2.43 bits per heavy atom. The van der Waals surface area contributed by atoms with Crippen molar-refractivity contribution in [2.24, 2.45) is 0 Å². The highest BCUT2D eigenvalue weighted by atomic mass is 16.4. The van der Waals surface area contributed by atoms with Crippen molar-refractivity contribution in [3.05, 3.63) is 53.8 Å². The van der Waals surface area contributed by atoms with Crippen molar-refractivity contribution < 1.29 is 19.1 Å². The number of anilines is 1. The Bertz CT molecular complexity index is 616. The summed E-state index contributed by atoms with van der Waals surface area (Å²) in [5, 5.41) is 9.35. The summed E-state index contributed by atoms with van der Waals surface area (Å²) in [6.45, 7) is 1.93. The second-order valence-electron chi connectivity index (χ2n) is 4.91. The summed E-state index contributed by atoms with van der Waals surface area (Å²) < 4.78 is 5.18.